The van der Waals surface area contributed by atoms with E-state index >= 15 is 0 Å². The van der Waals surface area contributed by atoms with Gasteiger partial charge in [0.05, 0.1) is 30.5 Å². The first-order valence-electron chi connectivity index (χ1n) is 16.5. The molecule has 1 aromatic carbocycles. The standard InChI is InChI=1S/C21H20F3N3O4S2.C12H12F3N3O2S2/c22-21(23,24)9-8-16-6-7-19(32-16)33(30,31)27-11-15-10-26(12-18(15)25-27)20(29)17(13-28)14-4-2-1-3-5-14;13-12(14,15)4-3-9-1-2-11(21-9)22(19,20)18-7-8-5-16-6-10(8)17-18/h1-7,11,17,28H,8-10,12-13H2;1-2,7,16H,3-6H2/t17-;/m1./s1. The van der Waals surface area contributed by atoms with Crippen LogP contribution in [0, 0.1) is 0 Å². The van der Waals surface area contributed by atoms with Crippen molar-refractivity contribution in [2.24, 2.45) is 0 Å². The second kappa shape index (κ2) is 15.8. The van der Waals surface area contributed by atoms with Crippen molar-refractivity contribution in [3.63, 3.8) is 0 Å². The van der Waals surface area contributed by atoms with Gasteiger partial charge < -0.3 is 15.3 Å². The van der Waals surface area contributed by atoms with Crippen molar-refractivity contribution in [1.29, 1.82) is 0 Å². The molecule has 2 N–H and O–H groups in total. The van der Waals surface area contributed by atoms with Gasteiger partial charge >= 0.3 is 12.4 Å². The lowest BCUT2D eigenvalue weighted by molar-refractivity contribution is -0.135. The predicted molar refractivity (Wildman–Crippen MR) is 188 cm³/mol. The number of aromatic nitrogens is 4. The maximum Gasteiger partial charge on any atom is 0.389 e. The zero-order valence-electron chi connectivity index (χ0n) is 28.4. The largest absolute Gasteiger partial charge is 0.395 e. The highest BCUT2D eigenvalue weighted by molar-refractivity contribution is 7.92. The number of nitrogens with one attached hydrogen (secondary N) is 1. The minimum Gasteiger partial charge on any atom is -0.395 e. The molecule has 6 heterocycles. The smallest absolute Gasteiger partial charge is 0.389 e. The molecule has 0 unspecified atom stereocenters. The van der Waals surface area contributed by atoms with Gasteiger partial charge in [0.2, 0.25) is 5.91 Å². The first kappa shape index (κ1) is 40.6. The summed E-state index contributed by atoms with van der Waals surface area (Å²) in [7, 11) is -7.89. The summed E-state index contributed by atoms with van der Waals surface area (Å²) >= 11 is 1.64. The minimum atomic E-state index is -4.31. The molecule has 1 atom stereocenters. The number of amides is 1. The van der Waals surface area contributed by atoms with Gasteiger partial charge in [0.25, 0.3) is 20.0 Å². The van der Waals surface area contributed by atoms with E-state index in [-0.39, 0.29) is 46.9 Å². The van der Waals surface area contributed by atoms with E-state index in [0.29, 0.717) is 45.4 Å². The van der Waals surface area contributed by atoms with Crippen LogP contribution in [0.3, 0.4) is 0 Å². The topological polar surface area (TPSA) is 156 Å². The Morgan fingerprint density at radius 1 is 0.745 bits per heavy atom. The molecule has 5 aromatic rings. The van der Waals surface area contributed by atoms with Crippen molar-refractivity contribution in [3.8, 4) is 0 Å². The molecular weight excluding hydrogens is 819 g/mol. The van der Waals surface area contributed by atoms with Crippen LogP contribution in [-0.2, 0) is 63.9 Å². The summed E-state index contributed by atoms with van der Waals surface area (Å²) in [5.41, 5.74) is 3.16. The molecule has 0 spiro atoms. The number of alkyl halides is 6. The summed E-state index contributed by atoms with van der Waals surface area (Å²) in [4.78, 5) is 15.1. The Bertz CT molecular complexity index is 2320. The molecule has 0 aliphatic carbocycles. The van der Waals surface area contributed by atoms with Crippen LogP contribution in [0.5, 0.6) is 0 Å². The fourth-order valence-electron chi connectivity index (χ4n) is 5.77. The number of thiophene rings is 2. The molecule has 296 valence electrons. The van der Waals surface area contributed by atoms with Crippen molar-refractivity contribution in [1.82, 2.24) is 28.6 Å². The number of benzene rings is 1. The van der Waals surface area contributed by atoms with Gasteiger partial charge in [0, 0.05) is 65.8 Å². The number of nitrogens with zero attached hydrogens (tertiary/aromatic N) is 5. The number of carbonyl (C=O) groups is 1. The molecule has 22 heteroatoms. The van der Waals surface area contributed by atoms with E-state index in [9.17, 15) is 53.1 Å². The Morgan fingerprint density at radius 3 is 1.76 bits per heavy atom. The number of aryl methyl sites for hydroxylation is 2. The lowest BCUT2D eigenvalue weighted by Gasteiger charge is -2.22. The molecule has 7 rings (SSSR count). The Balaban J connectivity index is 0.000000203. The summed E-state index contributed by atoms with van der Waals surface area (Å²) in [6.07, 6.45) is -8.29. The first-order chi connectivity index (χ1) is 25.8. The summed E-state index contributed by atoms with van der Waals surface area (Å²) in [5.74, 6) is -1.02. The highest BCUT2D eigenvalue weighted by Gasteiger charge is 2.34. The number of hydrogen-bond donors (Lipinski definition) is 2. The van der Waals surface area contributed by atoms with Crippen LogP contribution < -0.4 is 5.32 Å². The summed E-state index contributed by atoms with van der Waals surface area (Å²) in [6.45, 7) is 0.960. The Labute approximate surface area is 319 Å². The van der Waals surface area contributed by atoms with Crippen LogP contribution in [0.15, 0.2) is 75.4 Å². The van der Waals surface area contributed by atoms with Gasteiger partial charge in [0.15, 0.2) is 0 Å². The normalized spacial score (nSPS) is 15.1. The summed E-state index contributed by atoms with van der Waals surface area (Å²) in [5, 5.41) is 20.9. The number of hydrogen-bond acceptors (Lipinski definition) is 11. The zero-order chi connectivity index (χ0) is 39.8. The van der Waals surface area contributed by atoms with Gasteiger partial charge in [-0.1, -0.05) is 30.3 Å². The van der Waals surface area contributed by atoms with Crippen LogP contribution >= 0.6 is 22.7 Å². The third kappa shape index (κ3) is 9.48. The lowest BCUT2D eigenvalue weighted by atomic mass is 9.98. The maximum atomic E-state index is 12.9. The third-order valence-corrected chi connectivity index (χ3v) is 14.9. The van der Waals surface area contributed by atoms with Crippen LogP contribution in [0.25, 0.3) is 0 Å². The van der Waals surface area contributed by atoms with E-state index < -0.39 is 51.2 Å². The fourth-order valence-corrected chi connectivity index (χ4v) is 11.0. The van der Waals surface area contributed by atoms with E-state index in [1.54, 1.807) is 24.3 Å². The highest BCUT2D eigenvalue weighted by Crippen LogP contribution is 2.32. The SMILES string of the molecule is O=C([C@H](CO)c1ccccc1)N1Cc2cn(S(=O)(=O)c3ccc(CCC(F)(F)F)s3)nc2C1.O=S(=O)(c1ccc(CCC(F)(F)F)s1)n1cc2c(n1)CNC2. The molecule has 4 aromatic heterocycles. The van der Waals surface area contributed by atoms with Gasteiger partial charge in [0.1, 0.15) is 8.42 Å². The Hall–Kier alpha value is -4.09. The van der Waals surface area contributed by atoms with Crippen molar-refractivity contribution in [2.75, 3.05) is 6.61 Å². The highest BCUT2D eigenvalue weighted by atomic mass is 32.3. The Morgan fingerprint density at radius 2 is 1.27 bits per heavy atom. The van der Waals surface area contributed by atoms with E-state index in [2.05, 4.69) is 15.5 Å². The lowest BCUT2D eigenvalue weighted by Crippen LogP contribution is -2.33. The molecule has 1 amide bonds. The molecule has 55 heavy (non-hydrogen) atoms. The minimum absolute atomic E-state index is 0.00110. The average Bonchev–Trinajstić information content (AvgIpc) is 3.96. The monoisotopic (exact) mass is 850 g/mol. The molecule has 2 aliphatic rings. The second-order valence-electron chi connectivity index (χ2n) is 12.6. The molecule has 0 saturated heterocycles. The van der Waals surface area contributed by atoms with Gasteiger partial charge in [-0.3, -0.25) is 4.79 Å². The number of halogens is 6. The molecule has 2 aliphatic heterocycles. The van der Waals surface area contributed by atoms with Crippen LogP contribution in [0.2, 0.25) is 0 Å². The summed E-state index contributed by atoms with van der Waals surface area (Å²) < 4.78 is 126. The second-order valence-corrected chi connectivity index (χ2v) is 19.0. The molecule has 0 saturated carbocycles. The van der Waals surface area contributed by atoms with Crippen LogP contribution in [-0.4, -0.2) is 70.1 Å². The van der Waals surface area contributed by atoms with Gasteiger partial charge in [-0.2, -0.15) is 61.5 Å². The molecule has 0 radical (unpaired) electrons. The number of rotatable bonds is 11. The van der Waals surface area contributed by atoms with Gasteiger partial charge in [-0.25, -0.2) is 0 Å². The van der Waals surface area contributed by atoms with Crippen LogP contribution in [0.4, 0.5) is 26.3 Å². The average molecular weight is 851 g/mol. The molecular formula is C33H32F6N6O6S4. The first-order valence-corrected chi connectivity index (χ1v) is 21.0. The van der Waals surface area contributed by atoms with Crippen molar-refractivity contribution >= 4 is 48.6 Å². The number of aliphatic hydroxyl groups excluding tert-OH is 1. The van der Waals surface area contributed by atoms with Crippen molar-refractivity contribution < 1.29 is 53.1 Å². The van der Waals surface area contributed by atoms with E-state index in [1.807, 2.05) is 6.07 Å². The molecule has 12 nitrogen and oxygen atoms in total. The fraction of sp³-hybridized carbons (Fsp3) is 0.364. The van der Waals surface area contributed by atoms with E-state index in [0.717, 1.165) is 36.4 Å². The number of fused-ring (bicyclic) bond motifs is 2. The molecule has 0 bridgehead atoms. The van der Waals surface area contributed by atoms with Crippen molar-refractivity contribution in [2.45, 2.75) is 78.6 Å². The Kier molecular flexibility index (Phi) is 11.7. The molecule has 0 fully saturated rings. The third-order valence-electron chi connectivity index (χ3n) is 8.60. The van der Waals surface area contributed by atoms with E-state index in [1.165, 1.54) is 41.6 Å². The summed E-state index contributed by atoms with van der Waals surface area (Å²) in [6, 6.07) is 14.3. The quantitative estimate of drug-likeness (QED) is 0.162. The predicted octanol–water partition coefficient (Wildman–Crippen LogP) is 5.57. The van der Waals surface area contributed by atoms with Gasteiger partial charge in [-0.05, 0) is 42.7 Å². The van der Waals surface area contributed by atoms with Gasteiger partial charge in [-0.15, -0.1) is 22.7 Å². The zero-order valence-corrected chi connectivity index (χ0v) is 31.7. The number of carbonyl (C=O) groups excluding carboxylic acids is 1. The van der Waals surface area contributed by atoms with E-state index in [4.69, 9.17) is 0 Å². The maximum absolute atomic E-state index is 12.9. The number of aliphatic hydroxyl groups is 1. The van der Waals surface area contributed by atoms with Crippen LogP contribution in [0.1, 0.15) is 56.6 Å². The van der Waals surface area contributed by atoms with Crippen molar-refractivity contribution in [3.05, 3.63) is 105 Å².